The van der Waals surface area contributed by atoms with Crippen molar-refractivity contribution in [2.75, 3.05) is 5.32 Å². The number of fused-ring (bicyclic) bond motifs is 2. The number of H-pyrrole nitrogens is 1. The number of carbonyl (C=O) groups excluding carboxylic acids is 2. The molecule has 0 bridgehead atoms. The smallest absolute Gasteiger partial charge is 0.321 e. The van der Waals surface area contributed by atoms with E-state index in [0.717, 1.165) is 27.7 Å². The molecule has 284 valence electrons. The number of para-hydroxylation sites is 2. The molecule has 6 aromatic rings. The number of amides is 3. The van der Waals surface area contributed by atoms with E-state index in [1.807, 2.05) is 110 Å². The number of urea groups is 1. The number of carbonyl (C=O) groups is 2. The van der Waals surface area contributed by atoms with Gasteiger partial charge in [-0.25, -0.2) is 9.78 Å². The molecule has 0 aliphatic carbocycles. The Kier molecular flexibility index (Phi) is 10.1. The topological polar surface area (TPSA) is 143 Å². The van der Waals surface area contributed by atoms with Crippen molar-refractivity contribution in [3.63, 3.8) is 0 Å². The van der Waals surface area contributed by atoms with Gasteiger partial charge in [-0.3, -0.25) is 20.2 Å². The molecule has 56 heavy (non-hydrogen) atoms. The highest BCUT2D eigenvalue weighted by Crippen LogP contribution is 2.40. The summed E-state index contributed by atoms with van der Waals surface area (Å²) < 4.78 is 13.6. The molecule has 0 spiro atoms. The van der Waals surface area contributed by atoms with Crippen molar-refractivity contribution in [2.45, 2.75) is 69.9 Å². The molecule has 3 heterocycles. The highest BCUT2D eigenvalue weighted by molar-refractivity contribution is 6.04. The molecule has 0 saturated carbocycles. The van der Waals surface area contributed by atoms with E-state index in [9.17, 15) is 14.9 Å². The van der Waals surface area contributed by atoms with Gasteiger partial charge in [0.15, 0.2) is 5.79 Å². The van der Waals surface area contributed by atoms with Gasteiger partial charge in [0.05, 0.1) is 28.0 Å². The van der Waals surface area contributed by atoms with E-state index in [1.165, 1.54) is 12.1 Å². The van der Waals surface area contributed by atoms with E-state index in [1.54, 1.807) is 35.2 Å². The number of aromatic nitrogens is 2. The van der Waals surface area contributed by atoms with Gasteiger partial charge in [-0.05, 0) is 73.2 Å². The van der Waals surface area contributed by atoms with Crippen LogP contribution in [0.5, 0.6) is 0 Å². The first kappa shape index (κ1) is 36.6. The number of nitrogens with one attached hydrogen (secondary N) is 2. The summed E-state index contributed by atoms with van der Waals surface area (Å²) in [4.78, 5) is 51.7. The van der Waals surface area contributed by atoms with Crippen LogP contribution in [0.4, 0.5) is 16.4 Å². The molecular weight excluding hydrogens is 709 g/mol. The van der Waals surface area contributed by atoms with Gasteiger partial charge in [0.1, 0.15) is 12.2 Å². The summed E-state index contributed by atoms with van der Waals surface area (Å²) in [6, 6.07) is 39.8. The third-order valence-electron chi connectivity index (χ3n) is 10.4. The number of nitro benzene ring substituents is 1. The number of aromatic amines is 1. The highest BCUT2D eigenvalue weighted by Gasteiger charge is 2.55. The summed E-state index contributed by atoms with van der Waals surface area (Å²) in [7, 11) is 0. The maximum absolute atomic E-state index is 15.4. The standard InChI is InChI=1S/C44H42N6O6/c1-44(2)55-39-37(25-29-13-5-3-6-14-29)48(27-31-17-11-19-33(23-31)41(51)47-42-45-35-21-9-10-22-36(35)46-42)43(52)49(28-32-18-12-20-34(24-32)50(53)54)38(40(39)56-44)26-30-15-7-4-8-16-30/h3-24,37-40H,25-28H2,1-2H3,(H2,45,46,47,51)/t37-,38-,39+,40+/m1/s1. The van der Waals surface area contributed by atoms with Crippen LogP contribution in [0.2, 0.25) is 0 Å². The molecule has 2 N–H and O–H groups in total. The van der Waals surface area contributed by atoms with E-state index in [0.29, 0.717) is 29.9 Å². The molecule has 3 amide bonds. The van der Waals surface area contributed by atoms with Crippen LogP contribution in [0, 0.1) is 10.1 Å². The van der Waals surface area contributed by atoms with Gasteiger partial charge in [-0.2, -0.15) is 0 Å². The fourth-order valence-electron chi connectivity index (χ4n) is 7.91. The van der Waals surface area contributed by atoms with Crippen LogP contribution in [-0.2, 0) is 35.4 Å². The molecule has 8 rings (SSSR count). The summed E-state index contributed by atoms with van der Waals surface area (Å²) in [6.07, 6.45) is -0.154. The lowest BCUT2D eigenvalue weighted by Gasteiger charge is -2.37. The lowest BCUT2D eigenvalue weighted by Crippen LogP contribution is -2.51. The predicted molar refractivity (Wildman–Crippen MR) is 212 cm³/mol. The number of imidazole rings is 1. The summed E-state index contributed by atoms with van der Waals surface area (Å²) in [6.45, 7) is 4.03. The third-order valence-corrected chi connectivity index (χ3v) is 10.4. The van der Waals surface area contributed by atoms with Crippen molar-refractivity contribution in [1.82, 2.24) is 19.8 Å². The van der Waals surface area contributed by atoms with Gasteiger partial charge in [-0.1, -0.05) is 97.1 Å². The van der Waals surface area contributed by atoms with Crippen LogP contribution in [-0.4, -0.2) is 66.7 Å². The van der Waals surface area contributed by atoms with Gasteiger partial charge in [0, 0.05) is 30.8 Å². The van der Waals surface area contributed by atoms with Gasteiger partial charge in [-0.15, -0.1) is 0 Å². The number of rotatable bonds is 11. The molecule has 2 saturated heterocycles. The van der Waals surface area contributed by atoms with Crippen LogP contribution in [0.1, 0.15) is 46.5 Å². The molecular formula is C44H42N6O6. The summed E-state index contributed by atoms with van der Waals surface area (Å²) in [5.41, 5.74) is 5.28. The first-order chi connectivity index (χ1) is 27.1. The lowest BCUT2D eigenvalue weighted by molar-refractivity contribution is -0.384. The minimum absolute atomic E-state index is 0.0552. The van der Waals surface area contributed by atoms with Crippen LogP contribution in [0.3, 0.4) is 0 Å². The van der Waals surface area contributed by atoms with Gasteiger partial charge in [0.2, 0.25) is 5.95 Å². The first-order valence-corrected chi connectivity index (χ1v) is 18.7. The van der Waals surface area contributed by atoms with Gasteiger partial charge in [0.25, 0.3) is 11.6 Å². The van der Waals surface area contributed by atoms with Crippen molar-refractivity contribution in [3.05, 3.63) is 171 Å². The molecule has 2 aliphatic heterocycles. The SMILES string of the molecule is CC1(C)O[C@@H]2[C@@H](O1)[C@@H](Cc1ccccc1)N(Cc1cccc([N+](=O)[O-])c1)C(=O)N(Cc1cccc(C(=O)Nc3nc4ccccc4[nH]3)c1)[C@@H]2Cc1ccccc1. The Morgan fingerprint density at radius 2 is 1.29 bits per heavy atom. The average Bonchev–Trinajstić information content (AvgIpc) is 3.75. The second kappa shape index (κ2) is 15.4. The Balaban J connectivity index is 1.20. The van der Waals surface area contributed by atoms with E-state index in [2.05, 4.69) is 15.3 Å². The number of nitro groups is 1. The Hall–Kier alpha value is -6.37. The third kappa shape index (κ3) is 7.88. The van der Waals surface area contributed by atoms with E-state index >= 15 is 4.79 Å². The number of anilines is 1. The fraction of sp³-hybridized carbons (Fsp3) is 0.250. The van der Waals surface area contributed by atoms with Crippen molar-refractivity contribution >= 4 is 34.6 Å². The molecule has 0 radical (unpaired) electrons. The zero-order valence-corrected chi connectivity index (χ0v) is 31.1. The van der Waals surface area contributed by atoms with Gasteiger partial charge >= 0.3 is 6.03 Å². The maximum atomic E-state index is 15.4. The maximum Gasteiger partial charge on any atom is 0.321 e. The number of benzene rings is 5. The summed E-state index contributed by atoms with van der Waals surface area (Å²) >= 11 is 0. The normalized spacial score (nSPS) is 20.4. The number of ether oxygens (including phenoxy) is 2. The first-order valence-electron chi connectivity index (χ1n) is 18.7. The van der Waals surface area contributed by atoms with Crippen molar-refractivity contribution in [2.24, 2.45) is 0 Å². The van der Waals surface area contributed by atoms with E-state index in [-0.39, 0.29) is 30.7 Å². The Labute approximate surface area is 324 Å². The quantitative estimate of drug-likeness (QED) is 0.101. The summed E-state index contributed by atoms with van der Waals surface area (Å²) in [5, 5.41) is 14.7. The molecule has 12 heteroatoms. The predicted octanol–water partition coefficient (Wildman–Crippen LogP) is 7.90. The van der Waals surface area contributed by atoms with Crippen molar-refractivity contribution in [3.8, 4) is 0 Å². The van der Waals surface area contributed by atoms with Crippen LogP contribution >= 0.6 is 0 Å². The summed E-state index contributed by atoms with van der Waals surface area (Å²) in [5.74, 6) is -0.976. The van der Waals surface area contributed by atoms with E-state index < -0.39 is 35.0 Å². The zero-order valence-electron chi connectivity index (χ0n) is 31.1. The average molecular weight is 751 g/mol. The largest absolute Gasteiger partial charge is 0.342 e. The Morgan fingerprint density at radius 1 is 0.750 bits per heavy atom. The fourth-order valence-corrected chi connectivity index (χ4v) is 7.91. The minimum atomic E-state index is -0.961. The van der Waals surface area contributed by atoms with Crippen LogP contribution < -0.4 is 5.32 Å². The minimum Gasteiger partial charge on any atom is -0.342 e. The van der Waals surface area contributed by atoms with Gasteiger partial charge < -0.3 is 24.3 Å². The van der Waals surface area contributed by atoms with Crippen LogP contribution in [0.15, 0.2) is 133 Å². The Morgan fingerprint density at radius 3 is 1.88 bits per heavy atom. The van der Waals surface area contributed by atoms with Crippen molar-refractivity contribution in [1.29, 1.82) is 0 Å². The van der Waals surface area contributed by atoms with E-state index in [4.69, 9.17) is 9.47 Å². The molecule has 4 atom stereocenters. The number of hydrogen-bond acceptors (Lipinski definition) is 7. The number of hydrogen-bond donors (Lipinski definition) is 2. The Bertz CT molecular complexity index is 2330. The highest BCUT2D eigenvalue weighted by atomic mass is 16.8. The molecule has 2 aliphatic rings. The zero-order chi connectivity index (χ0) is 38.8. The lowest BCUT2D eigenvalue weighted by atomic mass is 9.91. The number of non-ortho nitro benzene ring substituents is 1. The molecule has 2 fully saturated rings. The molecule has 1 aromatic heterocycles. The second-order valence-electron chi connectivity index (χ2n) is 14.8. The second-order valence-corrected chi connectivity index (χ2v) is 14.8. The molecule has 0 unspecified atom stereocenters. The monoisotopic (exact) mass is 750 g/mol. The van der Waals surface area contributed by atoms with Crippen LogP contribution in [0.25, 0.3) is 11.0 Å². The number of nitrogens with zero attached hydrogens (tertiary/aromatic N) is 4. The molecule has 12 nitrogen and oxygen atoms in total. The van der Waals surface area contributed by atoms with Crippen molar-refractivity contribution < 1.29 is 24.0 Å². The molecule has 5 aromatic carbocycles.